The monoisotopic (exact) mass is 313 g/mol. The zero-order chi connectivity index (χ0) is 15.8. The minimum Gasteiger partial charge on any atom is -0.481 e. The summed E-state index contributed by atoms with van der Waals surface area (Å²) in [6, 6.07) is 18.0. The van der Waals surface area contributed by atoms with Crippen LogP contribution >= 0.6 is 11.6 Å². The molecule has 2 rings (SSSR count). The van der Waals surface area contributed by atoms with Gasteiger partial charge in [0.05, 0.1) is 6.54 Å². The van der Waals surface area contributed by atoms with Crippen molar-refractivity contribution in [1.29, 1.82) is 0 Å². The zero-order valence-corrected chi connectivity index (χ0v) is 13.7. The molecule has 0 aliphatic heterocycles. The number of rotatable bonds is 5. The van der Waals surface area contributed by atoms with Gasteiger partial charge < -0.3 is 9.64 Å². The Bertz CT molecular complexity index is 626. The molecule has 0 N–H and O–H groups in total. The molecule has 0 unspecified atom stereocenters. The van der Waals surface area contributed by atoms with Crippen molar-refractivity contribution >= 4 is 17.3 Å². The summed E-state index contributed by atoms with van der Waals surface area (Å²) in [5.41, 5.74) is 1.19. The van der Waals surface area contributed by atoms with E-state index in [1.54, 1.807) is 12.1 Å². The van der Waals surface area contributed by atoms with Crippen LogP contribution in [0.3, 0.4) is 0 Å². The van der Waals surface area contributed by atoms with E-state index in [9.17, 15) is 0 Å². The number of hydrogen-bond donors (Lipinski definition) is 0. The van der Waals surface area contributed by atoms with Gasteiger partial charge in [-0.3, -0.25) is 0 Å². The van der Waals surface area contributed by atoms with E-state index >= 15 is 0 Å². The van der Waals surface area contributed by atoms with Crippen LogP contribution in [0.1, 0.15) is 13.8 Å². The molecule has 0 aromatic heterocycles. The largest absolute Gasteiger partial charge is 0.481 e. The molecule has 0 saturated carbocycles. The molecule has 0 heterocycles. The van der Waals surface area contributed by atoms with Gasteiger partial charge in [0.15, 0.2) is 0 Å². The Kier molecular flexibility index (Phi) is 6.18. The summed E-state index contributed by atoms with van der Waals surface area (Å²) < 4.78 is 5.56. The molecule has 0 radical (unpaired) electrons. The van der Waals surface area contributed by atoms with Crippen molar-refractivity contribution in [2.45, 2.75) is 19.9 Å². The topological polar surface area (TPSA) is 12.5 Å². The minimum absolute atomic E-state index is 0.377. The molecule has 0 fully saturated rings. The van der Waals surface area contributed by atoms with Crippen LogP contribution < -0.4 is 9.64 Å². The second-order valence-electron chi connectivity index (χ2n) is 5.15. The van der Waals surface area contributed by atoms with Crippen molar-refractivity contribution < 1.29 is 4.74 Å². The molecule has 0 spiro atoms. The van der Waals surface area contributed by atoms with Gasteiger partial charge in [-0.1, -0.05) is 41.6 Å². The molecular weight excluding hydrogens is 294 g/mol. The molecule has 3 heteroatoms. The molecule has 0 saturated heterocycles. The van der Waals surface area contributed by atoms with Gasteiger partial charge in [-0.2, -0.15) is 0 Å². The zero-order valence-electron chi connectivity index (χ0n) is 12.9. The molecule has 0 bridgehead atoms. The summed E-state index contributed by atoms with van der Waals surface area (Å²) >= 11 is 5.83. The highest BCUT2D eigenvalue weighted by Crippen LogP contribution is 2.16. The third-order valence-corrected chi connectivity index (χ3v) is 3.46. The van der Waals surface area contributed by atoms with E-state index in [4.69, 9.17) is 16.3 Å². The average Bonchev–Trinajstić information content (AvgIpc) is 2.53. The first-order chi connectivity index (χ1) is 10.7. The van der Waals surface area contributed by atoms with Crippen LogP contribution in [-0.4, -0.2) is 19.2 Å². The molecule has 2 aromatic rings. The van der Waals surface area contributed by atoms with Gasteiger partial charge in [0.1, 0.15) is 12.4 Å². The van der Waals surface area contributed by atoms with Crippen LogP contribution in [0.15, 0.2) is 54.6 Å². The lowest BCUT2D eigenvalue weighted by atomic mass is 10.2. The minimum atomic E-state index is 0.377. The molecule has 0 aliphatic rings. The van der Waals surface area contributed by atoms with Crippen molar-refractivity contribution in [2.24, 2.45) is 0 Å². The van der Waals surface area contributed by atoms with E-state index < -0.39 is 0 Å². The van der Waals surface area contributed by atoms with Crippen LogP contribution in [0.4, 0.5) is 5.69 Å². The van der Waals surface area contributed by atoms with Crippen molar-refractivity contribution in [3.8, 4) is 17.6 Å². The summed E-state index contributed by atoms with van der Waals surface area (Å²) in [5.74, 6) is 7.01. The Balaban J connectivity index is 1.87. The van der Waals surface area contributed by atoms with Gasteiger partial charge in [0.2, 0.25) is 0 Å². The van der Waals surface area contributed by atoms with Crippen LogP contribution in [-0.2, 0) is 0 Å². The molecule has 2 aromatic carbocycles. The fourth-order valence-corrected chi connectivity index (χ4v) is 2.16. The fourth-order valence-electron chi connectivity index (χ4n) is 2.03. The maximum Gasteiger partial charge on any atom is 0.149 e. The lowest BCUT2D eigenvalue weighted by molar-refractivity contribution is 0.370. The fraction of sp³-hybridized carbons (Fsp3) is 0.263. The standard InChI is InChI=1S/C19H20ClNO/c1-16(2)21(18-8-4-3-5-9-18)14-6-7-15-22-19-12-10-17(20)11-13-19/h3-5,8-13,16H,14-15H2,1-2H3. The van der Waals surface area contributed by atoms with E-state index in [-0.39, 0.29) is 0 Å². The van der Waals surface area contributed by atoms with Crippen molar-refractivity contribution in [3.05, 3.63) is 59.6 Å². The molecule has 0 atom stereocenters. The highest BCUT2D eigenvalue weighted by molar-refractivity contribution is 6.30. The summed E-state index contributed by atoms with van der Waals surface area (Å²) in [6.07, 6.45) is 0. The summed E-state index contributed by atoms with van der Waals surface area (Å²) in [6.45, 7) is 5.39. The van der Waals surface area contributed by atoms with Crippen LogP contribution in [0.5, 0.6) is 5.75 Å². The van der Waals surface area contributed by atoms with Crippen LogP contribution in [0.25, 0.3) is 0 Å². The number of hydrogen-bond acceptors (Lipinski definition) is 2. The number of halogens is 1. The van der Waals surface area contributed by atoms with E-state index in [1.807, 2.05) is 30.3 Å². The highest BCUT2D eigenvalue weighted by atomic mass is 35.5. The normalized spacial score (nSPS) is 10.0. The second kappa shape index (κ2) is 8.36. The molecule has 22 heavy (non-hydrogen) atoms. The van der Waals surface area contributed by atoms with Gasteiger partial charge in [-0.25, -0.2) is 0 Å². The van der Waals surface area contributed by atoms with E-state index in [0.717, 1.165) is 5.75 Å². The number of anilines is 1. The first-order valence-corrected chi connectivity index (χ1v) is 7.70. The number of benzene rings is 2. The lowest BCUT2D eigenvalue weighted by Gasteiger charge is -2.26. The van der Waals surface area contributed by atoms with E-state index in [0.29, 0.717) is 24.2 Å². The van der Waals surface area contributed by atoms with Gasteiger partial charge in [-0.15, -0.1) is 0 Å². The Labute approximate surface area is 137 Å². The van der Waals surface area contributed by atoms with Gasteiger partial charge >= 0.3 is 0 Å². The summed E-state index contributed by atoms with van der Waals surface area (Å²) in [7, 11) is 0. The summed E-state index contributed by atoms with van der Waals surface area (Å²) in [4.78, 5) is 2.26. The average molecular weight is 314 g/mol. The van der Waals surface area contributed by atoms with E-state index in [2.05, 4.69) is 42.7 Å². The van der Waals surface area contributed by atoms with Gasteiger partial charge in [0.25, 0.3) is 0 Å². The molecule has 2 nitrogen and oxygen atoms in total. The van der Waals surface area contributed by atoms with Crippen LogP contribution in [0, 0.1) is 11.8 Å². The quantitative estimate of drug-likeness (QED) is 0.746. The smallest absolute Gasteiger partial charge is 0.149 e. The number of para-hydroxylation sites is 1. The Hall–Kier alpha value is -2.11. The third-order valence-electron chi connectivity index (χ3n) is 3.21. The Morgan fingerprint density at radius 1 is 1.00 bits per heavy atom. The third kappa shape index (κ3) is 5.02. The molecule has 0 aliphatic carbocycles. The predicted octanol–water partition coefficient (Wildman–Crippen LogP) is 4.64. The SMILES string of the molecule is CC(C)N(CC#CCOc1ccc(Cl)cc1)c1ccccc1. The van der Waals surface area contributed by atoms with Crippen molar-refractivity contribution in [2.75, 3.05) is 18.1 Å². The Morgan fingerprint density at radius 3 is 2.32 bits per heavy atom. The first-order valence-electron chi connectivity index (χ1n) is 7.32. The maximum atomic E-state index is 5.83. The molecule has 0 amide bonds. The molecular formula is C19H20ClNO. The number of ether oxygens (including phenoxy) is 1. The lowest BCUT2D eigenvalue weighted by Crippen LogP contribution is -2.31. The highest BCUT2D eigenvalue weighted by Gasteiger charge is 2.07. The van der Waals surface area contributed by atoms with Crippen molar-refractivity contribution in [3.63, 3.8) is 0 Å². The van der Waals surface area contributed by atoms with Crippen LogP contribution in [0.2, 0.25) is 5.02 Å². The number of nitrogens with zero attached hydrogens (tertiary/aromatic N) is 1. The van der Waals surface area contributed by atoms with Gasteiger partial charge in [0, 0.05) is 16.8 Å². The molecule has 114 valence electrons. The maximum absolute atomic E-state index is 5.83. The van der Waals surface area contributed by atoms with Gasteiger partial charge in [-0.05, 0) is 50.2 Å². The van der Waals surface area contributed by atoms with Crippen molar-refractivity contribution in [1.82, 2.24) is 0 Å². The second-order valence-corrected chi connectivity index (χ2v) is 5.59. The predicted molar refractivity (Wildman–Crippen MR) is 93.6 cm³/mol. The first kappa shape index (κ1) is 16.3. The Morgan fingerprint density at radius 2 is 1.68 bits per heavy atom. The summed E-state index contributed by atoms with van der Waals surface area (Å²) in [5, 5.41) is 0.703. The van der Waals surface area contributed by atoms with E-state index in [1.165, 1.54) is 5.69 Å².